The highest BCUT2D eigenvalue weighted by Gasteiger charge is 2.36. The molecule has 0 unspecified atom stereocenters. The molecule has 0 aliphatic heterocycles. The quantitative estimate of drug-likeness (QED) is 0.234. The molecule has 0 saturated heterocycles. The molecule has 0 fully saturated rings. The standard InChI is InChI=1S/C21H40NO7P2.ClH/c1-5-26-30(24,27-6-2)18-15-22(14-17-23,20-21-12-10-9-11-13-21)16-19-31(25,28-7-3)29-8-4;/h9-13,23H,5-8,14-20H2,1-4H3;1H/q+1;/p-1. The maximum absolute atomic E-state index is 13.1. The van der Waals surface area contributed by atoms with Gasteiger partial charge in [0, 0.05) is 5.56 Å². The minimum atomic E-state index is -3.26. The van der Waals surface area contributed by atoms with Crippen molar-refractivity contribution in [3.05, 3.63) is 35.9 Å². The Morgan fingerprint density at radius 2 is 1.16 bits per heavy atom. The van der Waals surface area contributed by atoms with Crippen molar-refractivity contribution in [3.63, 3.8) is 0 Å². The van der Waals surface area contributed by atoms with E-state index in [0.717, 1.165) is 5.56 Å². The summed E-state index contributed by atoms with van der Waals surface area (Å²) in [7, 11) is -6.53. The van der Waals surface area contributed by atoms with E-state index in [0.29, 0.717) is 57.1 Å². The minimum Gasteiger partial charge on any atom is -1.00 e. The van der Waals surface area contributed by atoms with Gasteiger partial charge in [0.1, 0.15) is 13.1 Å². The lowest BCUT2D eigenvalue weighted by atomic mass is 10.1. The number of benzene rings is 1. The van der Waals surface area contributed by atoms with E-state index in [1.807, 2.05) is 30.3 Å². The van der Waals surface area contributed by atoms with Gasteiger partial charge in [-0.15, -0.1) is 0 Å². The minimum absolute atomic E-state index is 0. The van der Waals surface area contributed by atoms with Crippen LogP contribution in [0, 0.1) is 0 Å². The second-order valence-corrected chi connectivity index (χ2v) is 11.6. The zero-order valence-corrected chi connectivity index (χ0v) is 22.3. The van der Waals surface area contributed by atoms with Crippen LogP contribution < -0.4 is 12.4 Å². The summed E-state index contributed by atoms with van der Waals surface area (Å²) in [5.41, 5.74) is 1.07. The fourth-order valence-corrected chi connectivity index (χ4v) is 7.12. The number of hydrogen-bond acceptors (Lipinski definition) is 7. The Balaban J connectivity index is 0.00000961. The summed E-state index contributed by atoms with van der Waals surface area (Å²) >= 11 is 0. The highest BCUT2D eigenvalue weighted by molar-refractivity contribution is 7.54. The maximum atomic E-state index is 13.1. The Kier molecular flexibility index (Phi) is 16.2. The van der Waals surface area contributed by atoms with Gasteiger partial charge in [-0.2, -0.15) is 0 Å². The van der Waals surface area contributed by atoms with Gasteiger partial charge in [0.05, 0.1) is 58.4 Å². The van der Waals surface area contributed by atoms with Gasteiger partial charge in [-0.05, 0) is 27.7 Å². The first-order valence-corrected chi connectivity index (χ1v) is 14.5. The van der Waals surface area contributed by atoms with E-state index >= 15 is 0 Å². The van der Waals surface area contributed by atoms with Crippen LogP contribution in [0.1, 0.15) is 33.3 Å². The van der Waals surface area contributed by atoms with Crippen LogP contribution in [0.4, 0.5) is 0 Å². The van der Waals surface area contributed by atoms with Gasteiger partial charge in [-0.3, -0.25) is 9.13 Å². The molecule has 0 radical (unpaired) electrons. The molecule has 0 bridgehead atoms. The topological polar surface area (TPSA) is 91.3 Å². The lowest BCUT2D eigenvalue weighted by molar-refractivity contribution is -0.937. The van der Waals surface area contributed by atoms with Crippen LogP contribution in [0.25, 0.3) is 0 Å². The Morgan fingerprint density at radius 1 is 0.750 bits per heavy atom. The summed E-state index contributed by atoms with van der Waals surface area (Å²) in [5.74, 6) is 0. The van der Waals surface area contributed by atoms with Gasteiger partial charge in [0.25, 0.3) is 0 Å². The summed E-state index contributed by atoms with van der Waals surface area (Å²) in [4.78, 5) is 0. The molecule has 0 aromatic heterocycles. The smallest absolute Gasteiger partial charge is 0.336 e. The largest absolute Gasteiger partial charge is 1.00 e. The van der Waals surface area contributed by atoms with Crippen LogP contribution in [-0.4, -0.2) is 74.6 Å². The third-order valence-corrected chi connectivity index (χ3v) is 9.04. The average Bonchev–Trinajstić information content (AvgIpc) is 2.73. The summed E-state index contributed by atoms with van der Waals surface area (Å²) in [6.07, 6.45) is 0.407. The van der Waals surface area contributed by atoms with Gasteiger partial charge in [0.15, 0.2) is 0 Å². The maximum Gasteiger partial charge on any atom is 0.336 e. The van der Waals surface area contributed by atoms with Crippen LogP contribution in [0.2, 0.25) is 0 Å². The predicted octanol–water partition coefficient (Wildman–Crippen LogP) is 1.53. The van der Waals surface area contributed by atoms with Gasteiger partial charge in [0.2, 0.25) is 0 Å². The number of halogens is 1. The van der Waals surface area contributed by atoms with Gasteiger partial charge >= 0.3 is 15.2 Å². The van der Waals surface area contributed by atoms with E-state index in [-0.39, 0.29) is 31.3 Å². The second-order valence-electron chi connectivity index (χ2n) is 7.22. The lowest BCUT2D eigenvalue weighted by Gasteiger charge is -2.39. The van der Waals surface area contributed by atoms with Crippen LogP contribution >= 0.6 is 15.2 Å². The third kappa shape index (κ3) is 11.2. The Bertz CT molecular complexity index is 655. The fourth-order valence-electron chi connectivity index (χ4n) is 3.54. The molecule has 0 amide bonds. The van der Waals surface area contributed by atoms with Crippen molar-refractivity contribution in [2.24, 2.45) is 0 Å². The molecule has 8 nitrogen and oxygen atoms in total. The van der Waals surface area contributed by atoms with Gasteiger partial charge < -0.3 is 40.1 Å². The number of quaternary nitrogens is 1. The molecule has 32 heavy (non-hydrogen) atoms. The first kappa shape index (κ1) is 31.7. The number of rotatable bonds is 18. The van der Waals surface area contributed by atoms with Crippen LogP contribution in [-0.2, 0) is 33.8 Å². The molecule has 1 N–H and O–H groups in total. The van der Waals surface area contributed by atoms with Crippen molar-refractivity contribution >= 4 is 15.2 Å². The third-order valence-electron chi connectivity index (χ3n) is 4.93. The second kappa shape index (κ2) is 16.4. The Labute approximate surface area is 199 Å². The van der Waals surface area contributed by atoms with Crippen molar-refractivity contribution < 1.29 is 49.2 Å². The molecule has 1 aromatic carbocycles. The zero-order valence-electron chi connectivity index (χ0n) is 19.8. The first-order chi connectivity index (χ1) is 14.8. The van der Waals surface area contributed by atoms with Gasteiger partial charge in [-0.25, -0.2) is 0 Å². The number of nitrogens with zero attached hydrogens (tertiary/aromatic N) is 1. The van der Waals surface area contributed by atoms with E-state index in [2.05, 4.69) is 0 Å². The van der Waals surface area contributed by atoms with Crippen molar-refractivity contribution in [2.75, 3.05) is 65.0 Å². The molecular weight excluding hydrogens is 476 g/mol. The SMILES string of the molecule is CCOP(=O)(CC[N+](CCO)(CCP(=O)(OCC)OCC)Cc1ccccc1)OCC.[Cl-]. The molecular formula is C21H40ClNO7P2. The van der Waals surface area contributed by atoms with Crippen LogP contribution in [0.5, 0.6) is 0 Å². The molecule has 1 rings (SSSR count). The fraction of sp³-hybridized carbons (Fsp3) is 0.714. The van der Waals surface area contributed by atoms with Crippen molar-refractivity contribution in [3.8, 4) is 0 Å². The molecule has 188 valence electrons. The Hall–Kier alpha value is -0.270. The summed E-state index contributed by atoms with van der Waals surface area (Å²) in [6.45, 7) is 10.1. The lowest BCUT2D eigenvalue weighted by Crippen LogP contribution is -3.00. The first-order valence-electron chi connectivity index (χ1n) is 11.1. The monoisotopic (exact) mass is 515 g/mol. The van der Waals surface area contributed by atoms with Crippen molar-refractivity contribution in [1.29, 1.82) is 0 Å². The normalized spacial score (nSPS) is 12.5. The van der Waals surface area contributed by atoms with Crippen molar-refractivity contribution in [1.82, 2.24) is 0 Å². The average molecular weight is 516 g/mol. The summed E-state index contributed by atoms with van der Waals surface area (Å²) in [5, 5.41) is 9.87. The van der Waals surface area contributed by atoms with Crippen molar-refractivity contribution in [2.45, 2.75) is 34.2 Å². The summed E-state index contributed by atoms with van der Waals surface area (Å²) in [6, 6.07) is 9.89. The number of hydrogen-bond donors (Lipinski definition) is 1. The number of aliphatic hydroxyl groups is 1. The molecule has 0 spiro atoms. The molecule has 0 aliphatic carbocycles. The predicted molar refractivity (Wildman–Crippen MR) is 124 cm³/mol. The molecule has 0 atom stereocenters. The van der Waals surface area contributed by atoms with Crippen LogP contribution in [0.15, 0.2) is 30.3 Å². The molecule has 0 heterocycles. The van der Waals surface area contributed by atoms with Crippen LogP contribution in [0.3, 0.4) is 0 Å². The highest BCUT2D eigenvalue weighted by Crippen LogP contribution is 2.50. The highest BCUT2D eigenvalue weighted by atomic mass is 35.5. The molecule has 0 aliphatic rings. The van der Waals surface area contributed by atoms with E-state index in [9.17, 15) is 14.2 Å². The zero-order chi connectivity index (χ0) is 23.2. The molecule has 1 aromatic rings. The molecule has 11 heteroatoms. The van der Waals surface area contributed by atoms with E-state index in [1.165, 1.54) is 0 Å². The number of aliphatic hydroxyl groups excluding tert-OH is 1. The molecule has 0 saturated carbocycles. The van der Waals surface area contributed by atoms with E-state index in [4.69, 9.17) is 18.1 Å². The van der Waals surface area contributed by atoms with Gasteiger partial charge in [-0.1, -0.05) is 30.3 Å². The summed E-state index contributed by atoms with van der Waals surface area (Å²) < 4.78 is 48.5. The van der Waals surface area contributed by atoms with E-state index < -0.39 is 15.2 Å². The van der Waals surface area contributed by atoms with E-state index in [1.54, 1.807) is 27.7 Å². The Morgan fingerprint density at radius 3 is 1.50 bits per heavy atom.